The average molecular weight is 455 g/mol. The molecule has 0 fully saturated rings. The third-order valence-corrected chi connectivity index (χ3v) is 4.96. The van der Waals surface area contributed by atoms with Gasteiger partial charge < -0.3 is 9.73 Å². The molecule has 0 aliphatic carbocycles. The molecule has 0 radical (unpaired) electrons. The second-order valence-electron chi connectivity index (χ2n) is 6.18. The second-order valence-corrected chi connectivity index (χ2v) is 6.98. The lowest BCUT2D eigenvalue weighted by atomic mass is 10.0. The second kappa shape index (κ2) is 6.98. The fourth-order valence-electron chi connectivity index (χ4n) is 2.43. The molecule has 6 nitrogen and oxygen atoms in total. The van der Waals surface area contributed by atoms with Gasteiger partial charge in [-0.3, -0.25) is 4.79 Å². The first-order chi connectivity index (χ1) is 13.1. The van der Waals surface area contributed by atoms with Crippen molar-refractivity contribution in [3.8, 4) is 23.8 Å². The number of carbonyl (C=O) groups is 1. The van der Waals surface area contributed by atoms with Gasteiger partial charge in [-0.1, -0.05) is 12.8 Å². The van der Waals surface area contributed by atoms with E-state index in [0.717, 1.165) is 6.07 Å². The number of carbonyl (C=O) groups excluding carboxylic acids is 1. The summed E-state index contributed by atoms with van der Waals surface area (Å²) in [4.78, 5) is 16.8. The summed E-state index contributed by atoms with van der Waals surface area (Å²) in [5.74, 6) is 1.89. The van der Waals surface area contributed by atoms with Gasteiger partial charge in [-0.2, -0.15) is 18.3 Å². The number of furan rings is 1. The first kappa shape index (κ1) is 19.9. The maximum Gasteiger partial charge on any atom is 0.433 e. The van der Waals surface area contributed by atoms with Crippen LogP contribution in [0.25, 0.3) is 17.1 Å². The maximum absolute atomic E-state index is 13.6. The van der Waals surface area contributed by atoms with E-state index < -0.39 is 23.3 Å². The van der Waals surface area contributed by atoms with Gasteiger partial charge >= 0.3 is 6.18 Å². The zero-order valence-electron chi connectivity index (χ0n) is 14.8. The molecular formula is C18H14BrF3N4O2. The Labute approximate surface area is 166 Å². The highest BCUT2D eigenvalue weighted by atomic mass is 79.9. The Morgan fingerprint density at radius 3 is 2.71 bits per heavy atom. The van der Waals surface area contributed by atoms with Crippen LogP contribution in [0.4, 0.5) is 13.2 Å². The summed E-state index contributed by atoms with van der Waals surface area (Å²) in [6.07, 6.45) is 2.45. The first-order valence-electron chi connectivity index (χ1n) is 8.10. The van der Waals surface area contributed by atoms with Crippen LogP contribution in [0.1, 0.15) is 36.5 Å². The third kappa shape index (κ3) is 3.49. The van der Waals surface area contributed by atoms with Crippen LogP contribution in [0.15, 0.2) is 33.4 Å². The molecule has 3 rings (SSSR count). The van der Waals surface area contributed by atoms with E-state index in [0.29, 0.717) is 10.9 Å². The number of hydrogen-bond acceptors (Lipinski definition) is 4. The fraction of sp³-hybridized carbons (Fsp3) is 0.278. The van der Waals surface area contributed by atoms with Crippen LogP contribution in [0.3, 0.4) is 0 Å². The molecule has 0 aromatic carbocycles. The Kier molecular flexibility index (Phi) is 4.97. The molecule has 1 N–H and O–H groups in total. The summed E-state index contributed by atoms with van der Waals surface area (Å²) in [5.41, 5.74) is -2.54. The van der Waals surface area contributed by atoms with E-state index in [1.165, 1.54) is 18.4 Å². The van der Waals surface area contributed by atoms with Gasteiger partial charge in [-0.05, 0) is 47.5 Å². The van der Waals surface area contributed by atoms with Crippen molar-refractivity contribution in [2.75, 3.05) is 0 Å². The van der Waals surface area contributed by atoms with Crippen molar-refractivity contribution in [2.24, 2.45) is 0 Å². The number of terminal acetylenes is 1. The van der Waals surface area contributed by atoms with Gasteiger partial charge in [0.2, 0.25) is 0 Å². The van der Waals surface area contributed by atoms with E-state index in [1.54, 1.807) is 13.8 Å². The molecule has 1 unspecified atom stereocenters. The molecule has 10 heteroatoms. The SMILES string of the molecule is C#CC(C)(CC)NC(=O)c1nn2c(C(F)(F)F)cc(-c3ccco3)nc2c1Br. The zero-order chi connectivity index (χ0) is 20.7. The molecule has 146 valence electrons. The average Bonchev–Trinajstić information content (AvgIpc) is 3.28. The number of rotatable bonds is 4. The Balaban J connectivity index is 2.19. The summed E-state index contributed by atoms with van der Waals surface area (Å²) in [5, 5.41) is 6.43. The minimum Gasteiger partial charge on any atom is -0.463 e. The quantitative estimate of drug-likeness (QED) is 0.596. The normalized spacial score (nSPS) is 13.9. The number of halogens is 4. The standard InChI is InChI=1S/C18H14BrF3N4O2/c1-4-17(3,5-2)24-16(27)14-13(19)15-23-10(11-7-6-8-28-11)9-12(18(20,21)22)26(15)25-14/h1,6-9H,5H2,2-3H3,(H,24,27). The lowest BCUT2D eigenvalue weighted by molar-refractivity contribution is -0.142. The summed E-state index contributed by atoms with van der Waals surface area (Å²) < 4.78 is 46.5. The predicted molar refractivity (Wildman–Crippen MR) is 98.4 cm³/mol. The summed E-state index contributed by atoms with van der Waals surface area (Å²) in [7, 11) is 0. The fourth-order valence-corrected chi connectivity index (χ4v) is 2.94. The summed E-state index contributed by atoms with van der Waals surface area (Å²) >= 11 is 3.15. The molecular weight excluding hydrogens is 441 g/mol. The van der Waals surface area contributed by atoms with Crippen LogP contribution in [0, 0.1) is 12.3 Å². The number of nitrogens with zero attached hydrogens (tertiary/aromatic N) is 3. The molecule has 0 aliphatic rings. The highest BCUT2D eigenvalue weighted by molar-refractivity contribution is 9.10. The van der Waals surface area contributed by atoms with Crippen molar-refractivity contribution in [3.05, 3.63) is 40.3 Å². The lowest BCUT2D eigenvalue weighted by Crippen LogP contribution is -2.44. The number of alkyl halides is 3. The Morgan fingerprint density at radius 1 is 1.46 bits per heavy atom. The summed E-state index contributed by atoms with van der Waals surface area (Å²) in [6.45, 7) is 3.40. The molecule has 1 atom stereocenters. The molecule has 1 amide bonds. The van der Waals surface area contributed by atoms with Crippen molar-refractivity contribution in [1.29, 1.82) is 0 Å². The number of amides is 1. The van der Waals surface area contributed by atoms with Crippen molar-refractivity contribution >= 4 is 27.5 Å². The van der Waals surface area contributed by atoms with Gasteiger partial charge in [0, 0.05) is 0 Å². The van der Waals surface area contributed by atoms with E-state index in [2.05, 4.69) is 37.2 Å². The van der Waals surface area contributed by atoms with E-state index >= 15 is 0 Å². The highest BCUT2D eigenvalue weighted by Crippen LogP contribution is 2.34. The van der Waals surface area contributed by atoms with Gasteiger partial charge in [0.1, 0.15) is 5.69 Å². The molecule has 3 aromatic rings. The molecule has 0 bridgehead atoms. The monoisotopic (exact) mass is 454 g/mol. The maximum atomic E-state index is 13.6. The third-order valence-electron chi connectivity index (χ3n) is 4.23. The lowest BCUT2D eigenvalue weighted by Gasteiger charge is -2.22. The Bertz CT molecular complexity index is 1080. The van der Waals surface area contributed by atoms with Crippen molar-refractivity contribution in [2.45, 2.75) is 32.0 Å². The van der Waals surface area contributed by atoms with Crippen LogP contribution >= 0.6 is 15.9 Å². The van der Waals surface area contributed by atoms with Crippen LogP contribution in [0.2, 0.25) is 0 Å². The van der Waals surface area contributed by atoms with E-state index in [9.17, 15) is 18.0 Å². The van der Waals surface area contributed by atoms with Crippen LogP contribution in [-0.4, -0.2) is 26.0 Å². The number of fused-ring (bicyclic) bond motifs is 1. The van der Waals surface area contributed by atoms with E-state index in [4.69, 9.17) is 10.8 Å². The number of aromatic nitrogens is 3. The molecule has 3 heterocycles. The largest absolute Gasteiger partial charge is 0.463 e. The van der Waals surface area contributed by atoms with Gasteiger partial charge in [0.15, 0.2) is 22.8 Å². The van der Waals surface area contributed by atoms with Crippen molar-refractivity contribution in [3.63, 3.8) is 0 Å². The Morgan fingerprint density at radius 2 is 2.18 bits per heavy atom. The predicted octanol–water partition coefficient (Wildman–Crippen LogP) is 4.30. The van der Waals surface area contributed by atoms with E-state index in [1.807, 2.05) is 0 Å². The van der Waals surface area contributed by atoms with E-state index in [-0.39, 0.29) is 27.3 Å². The van der Waals surface area contributed by atoms with Gasteiger partial charge in [-0.25, -0.2) is 9.50 Å². The zero-order valence-corrected chi connectivity index (χ0v) is 16.3. The minimum atomic E-state index is -4.74. The van der Waals surface area contributed by atoms with Gasteiger partial charge in [-0.15, -0.1) is 6.42 Å². The first-order valence-corrected chi connectivity index (χ1v) is 8.89. The highest BCUT2D eigenvalue weighted by Gasteiger charge is 2.37. The van der Waals surface area contributed by atoms with Gasteiger partial charge in [0.25, 0.3) is 5.91 Å². The molecule has 0 aliphatic heterocycles. The van der Waals surface area contributed by atoms with Crippen LogP contribution in [-0.2, 0) is 6.18 Å². The Hall–Kier alpha value is -2.80. The topological polar surface area (TPSA) is 72.4 Å². The molecule has 0 spiro atoms. The van der Waals surface area contributed by atoms with Crippen molar-refractivity contribution in [1.82, 2.24) is 19.9 Å². The van der Waals surface area contributed by atoms with Crippen LogP contribution < -0.4 is 5.32 Å². The molecule has 0 saturated heterocycles. The van der Waals surface area contributed by atoms with Crippen molar-refractivity contribution < 1.29 is 22.4 Å². The molecule has 28 heavy (non-hydrogen) atoms. The van der Waals surface area contributed by atoms with Gasteiger partial charge in [0.05, 0.1) is 16.3 Å². The number of hydrogen-bond donors (Lipinski definition) is 1. The molecule has 0 saturated carbocycles. The number of nitrogens with one attached hydrogen (secondary N) is 1. The van der Waals surface area contributed by atoms with Crippen LogP contribution in [0.5, 0.6) is 0 Å². The summed E-state index contributed by atoms with van der Waals surface area (Å²) in [6, 6.07) is 3.82. The molecule has 3 aromatic heterocycles. The smallest absolute Gasteiger partial charge is 0.433 e. The minimum absolute atomic E-state index is 0.0133.